The average Bonchev–Trinajstić information content (AvgIpc) is 3.42. The van der Waals surface area contributed by atoms with Gasteiger partial charge in [0.25, 0.3) is 5.91 Å². The summed E-state index contributed by atoms with van der Waals surface area (Å²) in [5.74, 6) is 1.23. The Balaban J connectivity index is 1.51. The van der Waals surface area contributed by atoms with Crippen LogP contribution in [0.4, 0.5) is 5.82 Å². The van der Waals surface area contributed by atoms with Crippen molar-refractivity contribution in [1.29, 1.82) is 0 Å². The van der Waals surface area contributed by atoms with Crippen LogP contribution in [0.2, 0.25) is 0 Å². The molecule has 1 N–H and O–H groups in total. The molecule has 2 aromatic heterocycles. The first-order chi connectivity index (χ1) is 16.7. The molecule has 182 valence electrons. The lowest BCUT2D eigenvalue weighted by Gasteiger charge is -2.35. The van der Waals surface area contributed by atoms with E-state index < -0.39 is 18.3 Å². The molecule has 0 spiro atoms. The van der Waals surface area contributed by atoms with Crippen LogP contribution in [0.3, 0.4) is 0 Å². The minimum atomic E-state index is -0.580. The molecule has 2 atom stereocenters. The monoisotopic (exact) mass is 475 g/mol. The van der Waals surface area contributed by atoms with E-state index in [1.807, 2.05) is 42.7 Å². The summed E-state index contributed by atoms with van der Waals surface area (Å²) in [5, 5.41) is 11.2. The van der Waals surface area contributed by atoms with Gasteiger partial charge in [0.05, 0.1) is 23.4 Å². The summed E-state index contributed by atoms with van der Waals surface area (Å²) in [6.45, 7) is 10.7. The Kier molecular flexibility index (Phi) is 5.89. The molecule has 9 nitrogen and oxygen atoms in total. The normalized spacial score (nSPS) is 23.7. The number of rotatable bonds is 2. The van der Waals surface area contributed by atoms with Crippen LogP contribution in [0, 0.1) is 0 Å². The van der Waals surface area contributed by atoms with E-state index in [9.17, 15) is 4.79 Å². The van der Waals surface area contributed by atoms with Crippen LogP contribution in [0.5, 0.6) is 5.75 Å². The van der Waals surface area contributed by atoms with Gasteiger partial charge in [0, 0.05) is 12.5 Å². The van der Waals surface area contributed by atoms with Gasteiger partial charge in [-0.15, -0.1) is 10.2 Å². The Labute approximate surface area is 205 Å². The Morgan fingerprint density at radius 3 is 2.80 bits per heavy atom. The summed E-state index contributed by atoms with van der Waals surface area (Å²) in [6.07, 6.45) is 3.20. The summed E-state index contributed by atoms with van der Waals surface area (Å²) >= 11 is 0. The number of pyridine rings is 1. The van der Waals surface area contributed by atoms with Gasteiger partial charge in [-0.3, -0.25) is 4.79 Å². The molecule has 2 aliphatic rings. The number of ether oxygens (including phenoxy) is 1. The highest BCUT2D eigenvalue weighted by Gasteiger charge is 2.53. The molecule has 0 radical (unpaired) electrons. The van der Waals surface area contributed by atoms with Crippen molar-refractivity contribution < 1.29 is 18.8 Å². The smallest absolute Gasteiger partial charge is 0.493 e. The van der Waals surface area contributed by atoms with Gasteiger partial charge in [0.15, 0.2) is 5.82 Å². The number of hydrogen-bond acceptors (Lipinski definition) is 7. The molecule has 0 aliphatic carbocycles. The zero-order chi connectivity index (χ0) is 24.8. The van der Waals surface area contributed by atoms with Crippen molar-refractivity contribution in [2.75, 3.05) is 11.9 Å². The highest BCUT2D eigenvalue weighted by atomic mass is 16.7. The van der Waals surface area contributed by atoms with E-state index in [2.05, 4.69) is 41.3 Å². The Morgan fingerprint density at radius 1 is 1.20 bits per heavy atom. The second kappa shape index (κ2) is 8.76. The number of fused-ring (bicyclic) bond motifs is 5. The lowest BCUT2D eigenvalue weighted by Crippen LogP contribution is -2.44. The third kappa shape index (κ3) is 4.21. The first-order valence-corrected chi connectivity index (χ1v) is 12.0. The van der Waals surface area contributed by atoms with E-state index in [0.29, 0.717) is 41.7 Å². The van der Waals surface area contributed by atoms with Crippen LogP contribution < -0.4 is 15.5 Å². The number of amides is 1. The van der Waals surface area contributed by atoms with E-state index in [-0.39, 0.29) is 11.9 Å². The second-order valence-electron chi connectivity index (χ2n) is 9.83. The third-order valence-electron chi connectivity index (χ3n) is 7.30. The van der Waals surface area contributed by atoms with E-state index in [1.54, 1.807) is 18.5 Å². The molecular weight excluding hydrogens is 445 g/mol. The number of nitrogens with one attached hydrogen (secondary N) is 1. The highest BCUT2D eigenvalue weighted by Crippen LogP contribution is 2.39. The third-order valence-corrected chi connectivity index (χ3v) is 7.30. The topological polar surface area (TPSA) is 100 Å². The van der Waals surface area contributed by atoms with E-state index in [4.69, 9.17) is 14.0 Å². The van der Waals surface area contributed by atoms with Gasteiger partial charge in [-0.2, -0.15) is 0 Å². The maximum atomic E-state index is 13.4. The molecule has 1 saturated heterocycles. The van der Waals surface area contributed by atoms with Crippen molar-refractivity contribution in [3.8, 4) is 17.3 Å². The van der Waals surface area contributed by atoms with E-state index >= 15 is 0 Å². The highest BCUT2D eigenvalue weighted by molar-refractivity contribution is 6.62. The molecule has 3 aromatic rings. The fourth-order valence-electron chi connectivity index (χ4n) is 4.48. The van der Waals surface area contributed by atoms with Crippen molar-refractivity contribution >= 4 is 24.3 Å². The summed E-state index contributed by atoms with van der Waals surface area (Å²) in [4.78, 5) is 18.0. The van der Waals surface area contributed by atoms with E-state index in [1.165, 1.54) is 0 Å². The van der Waals surface area contributed by atoms with Gasteiger partial charge in [-0.1, -0.05) is 19.1 Å². The zero-order valence-corrected chi connectivity index (χ0v) is 20.7. The number of hydrogen-bond donors (Lipinski definition) is 1. The number of benzene rings is 1. The summed E-state index contributed by atoms with van der Waals surface area (Å²) in [6, 6.07) is 11.0. The number of carbonyl (C=O) groups is 1. The SMILES string of the molecule is CCC1(C)OB(c2ccc3c(c2)C(=O)Nc2cccc(n2)-c2nncn2C(C)CCO3)OC1(C)C. The molecule has 5 rings (SSSR count). The zero-order valence-electron chi connectivity index (χ0n) is 20.7. The van der Waals surface area contributed by atoms with Gasteiger partial charge in [-0.25, -0.2) is 4.98 Å². The van der Waals surface area contributed by atoms with Crippen LogP contribution >= 0.6 is 0 Å². The van der Waals surface area contributed by atoms with E-state index in [0.717, 1.165) is 11.9 Å². The lowest BCUT2D eigenvalue weighted by molar-refractivity contribution is -0.0118. The molecule has 1 aromatic carbocycles. The molecule has 1 amide bonds. The number of carbonyl (C=O) groups excluding carboxylic acids is 1. The van der Waals surface area contributed by atoms with Crippen LogP contribution in [0.1, 0.15) is 63.9 Å². The van der Waals surface area contributed by atoms with Gasteiger partial charge >= 0.3 is 7.12 Å². The quantitative estimate of drug-likeness (QED) is 0.565. The minimum Gasteiger partial charge on any atom is -0.493 e. The maximum Gasteiger partial charge on any atom is 0.494 e. The average molecular weight is 475 g/mol. The summed E-state index contributed by atoms with van der Waals surface area (Å²) < 4.78 is 20.7. The molecule has 0 saturated carbocycles. The van der Waals surface area contributed by atoms with Crippen LogP contribution in [0.25, 0.3) is 11.5 Å². The summed E-state index contributed by atoms with van der Waals surface area (Å²) in [7, 11) is -0.580. The van der Waals surface area contributed by atoms with Crippen molar-refractivity contribution in [1.82, 2.24) is 19.7 Å². The number of nitrogens with zero attached hydrogens (tertiary/aromatic N) is 4. The Hall–Kier alpha value is -3.24. The Morgan fingerprint density at radius 2 is 2.03 bits per heavy atom. The van der Waals surface area contributed by atoms with Gasteiger partial charge in [0.1, 0.15) is 23.6 Å². The first-order valence-electron chi connectivity index (χ1n) is 12.0. The first kappa shape index (κ1) is 23.5. The standard InChI is InChI=1S/C25H30BN5O4/c1-6-25(5)24(3,4)34-26(35-25)17-10-11-20-18(14-17)23(32)29-21-9-7-8-19(28-21)22-30-27-15-31(22)16(2)12-13-33-20/h7-11,14-16H,6,12-13H2,1-5H3,(H,28,29,32). The van der Waals surface area contributed by atoms with Gasteiger partial charge in [-0.05, 0) is 63.8 Å². The molecular formula is C25H30BN5O4. The minimum absolute atomic E-state index is 0.0758. The Bertz CT molecular complexity index is 1260. The number of aromatic nitrogens is 4. The van der Waals surface area contributed by atoms with Gasteiger partial charge < -0.3 is 23.9 Å². The van der Waals surface area contributed by atoms with Crippen molar-refractivity contribution in [3.05, 3.63) is 48.3 Å². The predicted molar refractivity (Wildman–Crippen MR) is 133 cm³/mol. The van der Waals surface area contributed by atoms with Crippen molar-refractivity contribution in [2.45, 2.75) is 64.7 Å². The molecule has 2 aliphatic heterocycles. The predicted octanol–water partition coefficient (Wildman–Crippen LogP) is 3.63. The largest absolute Gasteiger partial charge is 0.494 e. The number of anilines is 1. The van der Waals surface area contributed by atoms with Crippen molar-refractivity contribution in [3.63, 3.8) is 0 Å². The fraction of sp³-hybridized carbons (Fsp3) is 0.440. The molecule has 2 bridgehead atoms. The van der Waals surface area contributed by atoms with Gasteiger partial charge in [0.2, 0.25) is 0 Å². The molecule has 2 unspecified atom stereocenters. The van der Waals surface area contributed by atoms with Crippen LogP contribution in [-0.2, 0) is 9.31 Å². The molecule has 1 fully saturated rings. The van der Waals surface area contributed by atoms with Crippen LogP contribution in [-0.4, -0.2) is 50.6 Å². The van der Waals surface area contributed by atoms with Crippen molar-refractivity contribution in [2.24, 2.45) is 0 Å². The lowest BCUT2D eigenvalue weighted by atomic mass is 9.78. The maximum absolute atomic E-state index is 13.4. The molecule has 10 heteroatoms. The van der Waals surface area contributed by atoms with Crippen LogP contribution in [0.15, 0.2) is 42.7 Å². The second-order valence-corrected chi connectivity index (χ2v) is 9.83. The fourth-order valence-corrected chi connectivity index (χ4v) is 4.48. The molecule has 4 heterocycles. The summed E-state index contributed by atoms with van der Waals surface area (Å²) in [5.41, 5.74) is 0.883. The molecule has 35 heavy (non-hydrogen) atoms.